The molecule has 0 atom stereocenters. The number of imide groups is 1. The molecular weight excluding hydrogens is 296 g/mol. The van der Waals surface area contributed by atoms with E-state index in [2.05, 4.69) is 5.32 Å². The quantitative estimate of drug-likeness (QED) is 0.684. The fraction of sp³-hybridized carbons (Fsp3) is 0.353. The van der Waals surface area contributed by atoms with Gasteiger partial charge in [0.15, 0.2) is 0 Å². The van der Waals surface area contributed by atoms with Gasteiger partial charge in [-0.05, 0) is 39.8 Å². The average molecular weight is 318 g/mol. The first-order valence-electron chi connectivity index (χ1n) is 7.30. The maximum Gasteiger partial charge on any atom is 0.330 e. The van der Waals surface area contributed by atoms with Crippen LogP contribution >= 0.6 is 0 Å². The van der Waals surface area contributed by atoms with Crippen LogP contribution in [0.15, 0.2) is 42.5 Å². The lowest BCUT2D eigenvalue weighted by atomic mass is 10.1. The van der Waals surface area contributed by atoms with Crippen molar-refractivity contribution in [2.45, 2.75) is 33.2 Å². The van der Waals surface area contributed by atoms with Gasteiger partial charge < -0.3 is 10.1 Å². The number of amides is 3. The number of ether oxygens (including phenoxy) is 1. The molecule has 1 N–H and O–H groups in total. The van der Waals surface area contributed by atoms with Gasteiger partial charge in [-0.25, -0.2) is 14.5 Å². The molecule has 6 heteroatoms. The van der Waals surface area contributed by atoms with E-state index >= 15 is 0 Å². The average Bonchev–Trinajstić information content (AvgIpc) is 2.45. The highest BCUT2D eigenvalue weighted by Gasteiger charge is 2.25. The third kappa shape index (κ3) is 6.34. The van der Waals surface area contributed by atoms with E-state index in [4.69, 9.17) is 4.74 Å². The Hall–Kier alpha value is -2.63. The molecule has 124 valence electrons. The Morgan fingerprint density at radius 3 is 2.26 bits per heavy atom. The van der Waals surface area contributed by atoms with Crippen molar-refractivity contribution >= 4 is 23.6 Å². The number of carbonyl (C=O) groups is 3. The van der Waals surface area contributed by atoms with E-state index in [9.17, 15) is 14.4 Å². The Morgan fingerprint density at radius 1 is 1.13 bits per heavy atom. The summed E-state index contributed by atoms with van der Waals surface area (Å²) in [7, 11) is 0. The minimum absolute atomic E-state index is 0.213. The zero-order chi connectivity index (χ0) is 17.5. The molecular formula is C17H22N2O4. The number of hydrogen-bond donors (Lipinski definition) is 1. The molecule has 0 saturated heterocycles. The Kier molecular flexibility index (Phi) is 6.50. The van der Waals surface area contributed by atoms with E-state index in [1.165, 1.54) is 0 Å². The van der Waals surface area contributed by atoms with Gasteiger partial charge in [-0.15, -0.1) is 0 Å². The summed E-state index contributed by atoms with van der Waals surface area (Å²) in [4.78, 5) is 37.1. The number of hydrogen-bond acceptors (Lipinski definition) is 4. The van der Waals surface area contributed by atoms with Crippen LogP contribution < -0.4 is 10.2 Å². The molecule has 1 aromatic rings. The van der Waals surface area contributed by atoms with Gasteiger partial charge in [0.25, 0.3) is 5.91 Å². The maximum atomic E-state index is 12.4. The maximum absolute atomic E-state index is 12.4. The summed E-state index contributed by atoms with van der Waals surface area (Å²) >= 11 is 0. The van der Waals surface area contributed by atoms with Crippen molar-refractivity contribution in [3.63, 3.8) is 0 Å². The topological polar surface area (TPSA) is 75.7 Å². The number of para-hydroxylation sites is 1. The molecule has 1 rings (SSSR count). The summed E-state index contributed by atoms with van der Waals surface area (Å²) in [5.41, 5.74) is -0.0948. The van der Waals surface area contributed by atoms with Crippen molar-refractivity contribution in [1.29, 1.82) is 0 Å². The molecule has 6 nitrogen and oxygen atoms in total. The third-order valence-corrected chi connectivity index (χ3v) is 2.57. The van der Waals surface area contributed by atoms with E-state index in [0.717, 1.165) is 17.1 Å². The first-order chi connectivity index (χ1) is 10.7. The summed E-state index contributed by atoms with van der Waals surface area (Å²) in [6, 6.07) is 7.92. The molecule has 0 aromatic heterocycles. The summed E-state index contributed by atoms with van der Waals surface area (Å²) in [6.07, 6.45) is 2.03. The minimum atomic E-state index is -0.634. The van der Waals surface area contributed by atoms with Gasteiger partial charge in [-0.1, -0.05) is 18.2 Å². The smallest absolute Gasteiger partial charge is 0.330 e. The fourth-order valence-electron chi connectivity index (χ4n) is 1.70. The molecule has 0 aliphatic carbocycles. The first-order valence-corrected chi connectivity index (χ1v) is 7.30. The van der Waals surface area contributed by atoms with Gasteiger partial charge in [0.05, 0.1) is 12.3 Å². The van der Waals surface area contributed by atoms with Crippen LogP contribution in [0.3, 0.4) is 0 Å². The van der Waals surface area contributed by atoms with Crippen LogP contribution in [0, 0.1) is 0 Å². The van der Waals surface area contributed by atoms with Crippen molar-refractivity contribution < 1.29 is 19.1 Å². The number of benzene rings is 1. The minimum Gasteiger partial charge on any atom is -0.463 e. The Bertz CT molecular complexity index is 588. The van der Waals surface area contributed by atoms with Crippen molar-refractivity contribution in [3.8, 4) is 0 Å². The van der Waals surface area contributed by atoms with Gasteiger partial charge >= 0.3 is 12.0 Å². The van der Waals surface area contributed by atoms with Crippen molar-refractivity contribution in [2.75, 3.05) is 11.5 Å². The number of nitrogens with zero attached hydrogens (tertiary/aromatic N) is 1. The summed E-state index contributed by atoms with van der Waals surface area (Å²) in [5, 5.41) is 2.73. The van der Waals surface area contributed by atoms with E-state index in [-0.39, 0.29) is 6.61 Å². The molecule has 0 saturated carbocycles. The fourth-order valence-corrected chi connectivity index (χ4v) is 1.70. The summed E-state index contributed by atoms with van der Waals surface area (Å²) in [5.74, 6) is -1.27. The zero-order valence-corrected chi connectivity index (χ0v) is 13.8. The normalized spacial score (nSPS) is 11.1. The number of nitrogens with one attached hydrogen (secondary N) is 1. The first kappa shape index (κ1) is 18.4. The van der Waals surface area contributed by atoms with Crippen LogP contribution in [-0.4, -0.2) is 30.1 Å². The highest BCUT2D eigenvalue weighted by molar-refractivity contribution is 6.19. The lowest BCUT2D eigenvalue weighted by molar-refractivity contribution is -0.137. The van der Waals surface area contributed by atoms with Crippen LogP contribution in [0.25, 0.3) is 0 Å². The standard InChI is InChI=1S/C17H22N2O4/c1-5-23-15(21)12-11-14(20)19(13-9-7-6-8-10-13)16(22)18-17(2,3)4/h6-12H,5H2,1-4H3,(H,18,22)/b12-11+. The van der Waals surface area contributed by atoms with Gasteiger partial charge in [0, 0.05) is 17.7 Å². The predicted octanol–water partition coefficient (Wildman–Crippen LogP) is 2.65. The molecule has 0 radical (unpaired) electrons. The SMILES string of the molecule is CCOC(=O)/C=C/C(=O)N(C(=O)NC(C)(C)C)c1ccccc1. The second kappa shape index (κ2) is 8.12. The van der Waals surface area contributed by atoms with Gasteiger partial charge in [-0.3, -0.25) is 4.79 Å². The highest BCUT2D eigenvalue weighted by Crippen LogP contribution is 2.15. The second-order valence-corrected chi connectivity index (χ2v) is 5.77. The zero-order valence-electron chi connectivity index (χ0n) is 13.8. The molecule has 0 bridgehead atoms. The van der Waals surface area contributed by atoms with E-state index in [0.29, 0.717) is 5.69 Å². The molecule has 23 heavy (non-hydrogen) atoms. The van der Waals surface area contributed by atoms with E-state index < -0.39 is 23.4 Å². The van der Waals surface area contributed by atoms with E-state index in [1.807, 2.05) is 20.8 Å². The Balaban J connectivity index is 3.03. The second-order valence-electron chi connectivity index (χ2n) is 5.77. The molecule has 0 fully saturated rings. The molecule has 0 spiro atoms. The van der Waals surface area contributed by atoms with Crippen LogP contribution in [0.5, 0.6) is 0 Å². The number of esters is 1. The van der Waals surface area contributed by atoms with Gasteiger partial charge in [0.2, 0.25) is 0 Å². The third-order valence-electron chi connectivity index (χ3n) is 2.57. The lowest BCUT2D eigenvalue weighted by Gasteiger charge is -2.26. The number of urea groups is 1. The molecule has 0 aliphatic rings. The number of carbonyl (C=O) groups excluding carboxylic acids is 3. The van der Waals surface area contributed by atoms with Crippen LogP contribution in [0.1, 0.15) is 27.7 Å². The molecule has 0 unspecified atom stereocenters. The van der Waals surface area contributed by atoms with Gasteiger partial charge in [-0.2, -0.15) is 0 Å². The predicted molar refractivity (Wildman–Crippen MR) is 88.0 cm³/mol. The van der Waals surface area contributed by atoms with Crippen molar-refractivity contribution in [2.24, 2.45) is 0 Å². The molecule has 0 aliphatic heterocycles. The Morgan fingerprint density at radius 2 is 1.74 bits per heavy atom. The number of rotatable bonds is 4. The highest BCUT2D eigenvalue weighted by atomic mass is 16.5. The van der Waals surface area contributed by atoms with Crippen LogP contribution in [0.4, 0.5) is 10.5 Å². The summed E-state index contributed by atoms with van der Waals surface area (Å²) in [6.45, 7) is 7.32. The molecule has 0 heterocycles. The lowest BCUT2D eigenvalue weighted by Crippen LogP contribution is -2.50. The molecule has 3 amide bonds. The Labute approximate surface area is 136 Å². The van der Waals surface area contributed by atoms with Crippen LogP contribution in [-0.2, 0) is 14.3 Å². The van der Waals surface area contributed by atoms with Gasteiger partial charge in [0.1, 0.15) is 0 Å². The van der Waals surface area contributed by atoms with Crippen LogP contribution in [0.2, 0.25) is 0 Å². The number of anilines is 1. The summed E-state index contributed by atoms with van der Waals surface area (Å²) < 4.78 is 4.72. The largest absolute Gasteiger partial charge is 0.463 e. The van der Waals surface area contributed by atoms with Crippen molar-refractivity contribution in [1.82, 2.24) is 5.32 Å². The van der Waals surface area contributed by atoms with Crippen molar-refractivity contribution in [3.05, 3.63) is 42.5 Å². The molecule has 1 aromatic carbocycles. The monoisotopic (exact) mass is 318 g/mol. The van der Waals surface area contributed by atoms with E-state index in [1.54, 1.807) is 37.3 Å².